The second-order valence-electron chi connectivity index (χ2n) is 10.5. The highest BCUT2D eigenvalue weighted by atomic mass is 79.9. The van der Waals surface area contributed by atoms with Crippen LogP contribution in [0.5, 0.6) is 11.5 Å². The van der Waals surface area contributed by atoms with Gasteiger partial charge in [0.05, 0.1) is 29.2 Å². The van der Waals surface area contributed by atoms with Crippen LogP contribution in [-0.4, -0.2) is 27.9 Å². The molecule has 0 spiro atoms. The number of ether oxygens (including phenoxy) is 2. The fourth-order valence-electron chi connectivity index (χ4n) is 4.87. The van der Waals surface area contributed by atoms with Crippen LogP contribution in [-0.2, 0) is 6.61 Å². The van der Waals surface area contributed by atoms with Crippen molar-refractivity contribution in [3.8, 4) is 22.9 Å². The largest absolute Gasteiger partial charge is 0.496 e. The minimum atomic E-state index is -0.516. The molecule has 5 aromatic rings. The Balaban J connectivity index is 1.70. The van der Waals surface area contributed by atoms with E-state index in [1.165, 1.54) is 17.0 Å². The summed E-state index contributed by atoms with van der Waals surface area (Å²) in [5.74, 6) is 1.21. The first-order valence-corrected chi connectivity index (χ1v) is 16.2. The molecule has 0 saturated heterocycles. The maximum atomic E-state index is 13.9. The standard InChI is InChI=1S/C33H27Br3N4O5/c1-18(2)25-15-26(19(3)11-30(25)44-4)32-38-28-8-6-5-7-24(28)33(41)39(32)37-16-21-12-23(35)14-29(40(42)43)31(21)45-17-20-9-10-22(34)13-27(20)36/h5-16,18H,17H2,1-4H3. The summed E-state index contributed by atoms with van der Waals surface area (Å²) in [6, 6.07) is 19.5. The summed E-state index contributed by atoms with van der Waals surface area (Å²) in [6.07, 6.45) is 1.38. The molecular weight excluding hydrogens is 772 g/mol. The van der Waals surface area contributed by atoms with Crippen LogP contribution in [0.3, 0.4) is 0 Å². The second kappa shape index (κ2) is 13.6. The fourth-order valence-corrected chi connectivity index (χ4v) is 6.49. The zero-order valence-corrected chi connectivity index (χ0v) is 29.4. The van der Waals surface area contributed by atoms with E-state index < -0.39 is 4.92 Å². The smallest absolute Gasteiger partial charge is 0.312 e. The molecule has 12 heteroatoms. The lowest BCUT2D eigenvalue weighted by Crippen LogP contribution is -2.21. The van der Waals surface area contributed by atoms with Crippen molar-refractivity contribution in [1.82, 2.24) is 9.66 Å². The Hall–Kier alpha value is -3.87. The van der Waals surface area contributed by atoms with Crippen LogP contribution in [0.2, 0.25) is 0 Å². The van der Waals surface area contributed by atoms with Crippen LogP contribution < -0.4 is 15.0 Å². The molecular formula is C33H27Br3N4O5. The van der Waals surface area contributed by atoms with Crippen molar-refractivity contribution in [2.45, 2.75) is 33.3 Å². The number of hydrogen-bond donors (Lipinski definition) is 0. The Morgan fingerprint density at radius 1 is 1.04 bits per heavy atom. The van der Waals surface area contributed by atoms with Crippen LogP contribution >= 0.6 is 47.8 Å². The molecule has 9 nitrogen and oxygen atoms in total. The van der Waals surface area contributed by atoms with E-state index >= 15 is 0 Å². The number of rotatable bonds is 9. The van der Waals surface area contributed by atoms with Crippen molar-refractivity contribution in [2.24, 2.45) is 5.10 Å². The molecule has 0 atom stereocenters. The molecule has 0 radical (unpaired) electrons. The summed E-state index contributed by atoms with van der Waals surface area (Å²) in [7, 11) is 1.63. The molecule has 4 aromatic carbocycles. The van der Waals surface area contributed by atoms with E-state index in [2.05, 4.69) is 66.7 Å². The molecule has 1 heterocycles. The predicted molar refractivity (Wildman–Crippen MR) is 187 cm³/mol. The van der Waals surface area contributed by atoms with Gasteiger partial charge in [0, 0.05) is 36.2 Å². The van der Waals surface area contributed by atoms with Gasteiger partial charge >= 0.3 is 5.69 Å². The van der Waals surface area contributed by atoms with Crippen molar-refractivity contribution < 1.29 is 14.4 Å². The molecule has 0 aliphatic carbocycles. The number of fused-ring (bicyclic) bond motifs is 1. The van der Waals surface area contributed by atoms with Crippen LogP contribution in [0, 0.1) is 17.0 Å². The number of methoxy groups -OCH3 is 1. The summed E-state index contributed by atoms with van der Waals surface area (Å²) in [5, 5.41) is 17.1. The summed E-state index contributed by atoms with van der Waals surface area (Å²) in [4.78, 5) is 30.4. The van der Waals surface area contributed by atoms with Crippen LogP contribution in [0.15, 0.2) is 90.0 Å². The molecule has 5 rings (SSSR count). The molecule has 0 N–H and O–H groups in total. The summed E-state index contributed by atoms with van der Waals surface area (Å²) in [5.41, 5.74) is 3.45. The average molecular weight is 799 g/mol. The van der Waals surface area contributed by atoms with Crippen LogP contribution in [0.25, 0.3) is 22.3 Å². The highest BCUT2D eigenvalue weighted by Gasteiger charge is 2.22. The molecule has 0 unspecified atom stereocenters. The maximum absolute atomic E-state index is 13.9. The van der Waals surface area contributed by atoms with E-state index in [9.17, 15) is 14.9 Å². The molecule has 45 heavy (non-hydrogen) atoms. The molecule has 1 aromatic heterocycles. The third-order valence-corrected chi connectivity index (χ3v) is 8.84. The quantitative estimate of drug-likeness (QED) is 0.0837. The number of halogens is 3. The highest BCUT2D eigenvalue weighted by Crippen LogP contribution is 2.36. The van der Waals surface area contributed by atoms with E-state index in [-0.39, 0.29) is 29.5 Å². The van der Waals surface area contributed by atoms with Gasteiger partial charge in [0.15, 0.2) is 5.82 Å². The third-order valence-electron chi connectivity index (χ3n) is 7.15. The first-order valence-electron chi connectivity index (χ1n) is 13.8. The Kier molecular flexibility index (Phi) is 9.85. The molecule has 0 bridgehead atoms. The topological polar surface area (TPSA) is 109 Å². The highest BCUT2D eigenvalue weighted by molar-refractivity contribution is 9.11. The number of para-hydroxylation sites is 1. The number of hydrogen-bond acceptors (Lipinski definition) is 7. The summed E-state index contributed by atoms with van der Waals surface area (Å²) in [6.45, 7) is 6.08. The Morgan fingerprint density at radius 2 is 1.80 bits per heavy atom. The molecule has 0 aliphatic heterocycles. The molecule has 0 amide bonds. The lowest BCUT2D eigenvalue weighted by Gasteiger charge is -2.17. The minimum Gasteiger partial charge on any atom is -0.496 e. The van der Waals surface area contributed by atoms with Crippen molar-refractivity contribution in [2.75, 3.05) is 7.11 Å². The monoisotopic (exact) mass is 796 g/mol. The first-order chi connectivity index (χ1) is 21.5. The average Bonchev–Trinajstić information content (AvgIpc) is 3.00. The van der Waals surface area contributed by atoms with Gasteiger partial charge in [-0.3, -0.25) is 14.9 Å². The number of aromatic nitrogens is 2. The number of nitro groups is 1. The third kappa shape index (κ3) is 6.87. The molecule has 0 aliphatic rings. The normalized spacial score (nSPS) is 11.5. The van der Waals surface area contributed by atoms with E-state index in [1.54, 1.807) is 31.4 Å². The van der Waals surface area contributed by atoms with Gasteiger partial charge in [0.2, 0.25) is 5.75 Å². The molecule has 0 saturated carbocycles. The predicted octanol–water partition coefficient (Wildman–Crippen LogP) is 9.16. The summed E-state index contributed by atoms with van der Waals surface area (Å²) >= 11 is 10.3. The number of nitrogens with zero attached hydrogens (tertiary/aromatic N) is 4. The van der Waals surface area contributed by atoms with E-state index in [1.807, 2.05) is 43.3 Å². The molecule has 230 valence electrons. The zero-order chi connectivity index (χ0) is 32.4. The SMILES string of the molecule is COc1cc(C)c(-c2nc3ccccc3c(=O)n2N=Cc2cc(Br)cc([N+](=O)[O-])c2OCc2ccc(Br)cc2Br)cc1C(C)C. The maximum Gasteiger partial charge on any atom is 0.312 e. The zero-order valence-electron chi connectivity index (χ0n) is 24.7. The Morgan fingerprint density at radius 3 is 2.49 bits per heavy atom. The van der Waals surface area contributed by atoms with Gasteiger partial charge in [-0.1, -0.05) is 79.8 Å². The number of benzene rings is 4. The van der Waals surface area contributed by atoms with Crippen molar-refractivity contribution in [1.29, 1.82) is 0 Å². The summed E-state index contributed by atoms with van der Waals surface area (Å²) < 4.78 is 15.0. The van der Waals surface area contributed by atoms with Gasteiger partial charge in [-0.15, -0.1) is 0 Å². The van der Waals surface area contributed by atoms with Crippen LogP contribution in [0.1, 0.15) is 42.0 Å². The van der Waals surface area contributed by atoms with Gasteiger partial charge in [-0.2, -0.15) is 9.78 Å². The minimum absolute atomic E-state index is 0.00726. The first kappa shape index (κ1) is 32.5. The number of aryl methyl sites for hydroxylation is 1. The van der Waals surface area contributed by atoms with Crippen molar-refractivity contribution in [3.63, 3.8) is 0 Å². The van der Waals surface area contributed by atoms with Gasteiger partial charge in [0.1, 0.15) is 12.4 Å². The van der Waals surface area contributed by atoms with Crippen LogP contribution in [0.4, 0.5) is 5.69 Å². The fraction of sp³-hybridized carbons (Fsp3) is 0.182. The van der Waals surface area contributed by atoms with Gasteiger partial charge in [0.25, 0.3) is 5.56 Å². The van der Waals surface area contributed by atoms with Gasteiger partial charge < -0.3 is 9.47 Å². The van der Waals surface area contributed by atoms with Crippen molar-refractivity contribution in [3.05, 3.63) is 123 Å². The van der Waals surface area contributed by atoms with Crippen molar-refractivity contribution >= 4 is 70.6 Å². The Labute approximate surface area is 284 Å². The second-order valence-corrected chi connectivity index (χ2v) is 13.2. The Bertz CT molecular complexity index is 2040. The van der Waals surface area contributed by atoms with E-state index in [0.717, 1.165) is 31.4 Å². The number of nitro benzene ring substituents is 1. The molecule has 0 fully saturated rings. The van der Waals surface area contributed by atoms with Gasteiger partial charge in [-0.05, 0) is 66.4 Å². The lowest BCUT2D eigenvalue weighted by molar-refractivity contribution is -0.386. The lowest BCUT2D eigenvalue weighted by atomic mass is 9.96. The van der Waals surface area contributed by atoms with E-state index in [0.29, 0.717) is 32.3 Å². The van der Waals surface area contributed by atoms with E-state index in [4.69, 9.17) is 14.5 Å². The van der Waals surface area contributed by atoms with Gasteiger partial charge in [-0.25, -0.2) is 4.98 Å².